The first kappa shape index (κ1) is 24.9. The van der Waals surface area contributed by atoms with Gasteiger partial charge in [0.15, 0.2) is 5.13 Å². The van der Waals surface area contributed by atoms with Gasteiger partial charge in [-0.05, 0) is 73.5 Å². The third-order valence-electron chi connectivity index (χ3n) is 6.91. The van der Waals surface area contributed by atoms with Crippen LogP contribution in [0.1, 0.15) is 36.6 Å². The Hall–Kier alpha value is -4.37. The van der Waals surface area contributed by atoms with Crippen molar-refractivity contribution in [3.05, 3.63) is 82.9 Å². The molecule has 0 aliphatic carbocycles. The molecular weight excluding hydrogens is 516 g/mol. The fraction of sp³-hybridized carbons (Fsp3) is 0.233. The molecule has 8 nitrogen and oxygen atoms in total. The second-order valence-corrected chi connectivity index (χ2v) is 10.5. The Morgan fingerprint density at radius 2 is 1.87 bits per heavy atom. The quantitative estimate of drug-likeness (QED) is 0.191. The first-order valence-corrected chi connectivity index (χ1v) is 13.5. The zero-order valence-electron chi connectivity index (χ0n) is 21.6. The van der Waals surface area contributed by atoms with Crippen LogP contribution < -0.4 is 19.1 Å². The number of methoxy groups -OCH3 is 1. The van der Waals surface area contributed by atoms with Crippen molar-refractivity contribution in [1.29, 1.82) is 0 Å². The summed E-state index contributed by atoms with van der Waals surface area (Å²) in [4.78, 5) is 33.2. The molecule has 1 saturated heterocycles. The zero-order valence-corrected chi connectivity index (χ0v) is 22.5. The maximum Gasteiger partial charge on any atom is 0.301 e. The first-order valence-electron chi connectivity index (χ1n) is 12.7. The number of carbonyl (C=O) groups excluding carboxylic acids is 2. The second-order valence-electron chi connectivity index (χ2n) is 9.46. The lowest BCUT2D eigenvalue weighted by molar-refractivity contribution is -0.132. The van der Waals surface area contributed by atoms with E-state index in [2.05, 4.69) is 4.98 Å². The third-order valence-corrected chi connectivity index (χ3v) is 7.93. The molecule has 1 N–H and O–H groups in total. The zero-order chi connectivity index (χ0) is 27.3. The predicted octanol–water partition coefficient (Wildman–Crippen LogP) is 5.65. The molecule has 0 radical (unpaired) electrons. The van der Waals surface area contributed by atoms with Gasteiger partial charge >= 0.3 is 5.91 Å². The molecule has 2 aliphatic heterocycles. The van der Waals surface area contributed by atoms with Crippen molar-refractivity contribution < 1.29 is 28.9 Å². The van der Waals surface area contributed by atoms with Crippen LogP contribution in [0.15, 0.2) is 66.2 Å². The number of Topliss-reactive ketones (excluding diaryl/α,β-unsaturated/α-hetero) is 1. The van der Waals surface area contributed by atoms with Gasteiger partial charge in [-0.2, -0.15) is 0 Å². The molecule has 2 aliphatic rings. The number of anilines is 1. The molecule has 1 fully saturated rings. The van der Waals surface area contributed by atoms with Gasteiger partial charge in [-0.15, -0.1) is 0 Å². The number of hydrogen-bond acceptors (Lipinski definition) is 8. The Morgan fingerprint density at radius 3 is 2.62 bits per heavy atom. The van der Waals surface area contributed by atoms with Crippen molar-refractivity contribution >= 4 is 44.1 Å². The molecule has 0 bridgehead atoms. The molecule has 4 aromatic rings. The van der Waals surface area contributed by atoms with Crippen LogP contribution in [-0.2, 0) is 16.0 Å². The van der Waals surface area contributed by atoms with E-state index in [1.54, 1.807) is 43.5 Å². The van der Waals surface area contributed by atoms with Gasteiger partial charge in [0, 0.05) is 12.0 Å². The van der Waals surface area contributed by atoms with Crippen LogP contribution in [0.5, 0.6) is 17.2 Å². The molecule has 198 valence electrons. The van der Waals surface area contributed by atoms with E-state index >= 15 is 0 Å². The normalized spacial score (nSPS) is 19.8. The van der Waals surface area contributed by atoms with Gasteiger partial charge in [0.05, 0.1) is 35.5 Å². The summed E-state index contributed by atoms with van der Waals surface area (Å²) < 4.78 is 17.5. The van der Waals surface area contributed by atoms with Crippen LogP contribution in [0.25, 0.3) is 16.0 Å². The minimum atomic E-state index is -0.883. The highest BCUT2D eigenvalue weighted by Gasteiger charge is 2.48. The molecular formula is C30H26N2O6S. The SMILES string of the molecule is CCOc1ccc2nc(N3C(=O)C(=O)C(=C(O)c4ccc5c(c4)C[C@H](C)O5)[C@@H]3c3ccc(OC)cc3)sc2c1. The number of amides is 1. The number of benzene rings is 3. The second kappa shape index (κ2) is 9.74. The molecule has 2 atom stereocenters. The van der Waals surface area contributed by atoms with Gasteiger partial charge in [0.1, 0.15) is 29.1 Å². The van der Waals surface area contributed by atoms with Crippen LogP contribution >= 0.6 is 11.3 Å². The minimum Gasteiger partial charge on any atom is -0.507 e. The van der Waals surface area contributed by atoms with E-state index in [9.17, 15) is 14.7 Å². The number of aliphatic hydroxyl groups is 1. The molecule has 3 aromatic carbocycles. The summed E-state index contributed by atoms with van der Waals surface area (Å²) in [5.74, 6) is 0.328. The summed E-state index contributed by atoms with van der Waals surface area (Å²) in [5, 5.41) is 11.9. The van der Waals surface area contributed by atoms with Gasteiger partial charge < -0.3 is 19.3 Å². The smallest absolute Gasteiger partial charge is 0.301 e. The highest BCUT2D eigenvalue weighted by atomic mass is 32.1. The van der Waals surface area contributed by atoms with E-state index in [1.165, 1.54) is 16.2 Å². The molecule has 1 amide bonds. The monoisotopic (exact) mass is 542 g/mol. The van der Waals surface area contributed by atoms with Crippen molar-refractivity contribution in [1.82, 2.24) is 4.98 Å². The van der Waals surface area contributed by atoms with E-state index in [1.807, 2.05) is 38.1 Å². The number of nitrogens with zero attached hydrogens (tertiary/aromatic N) is 2. The summed E-state index contributed by atoms with van der Waals surface area (Å²) in [7, 11) is 1.57. The van der Waals surface area contributed by atoms with E-state index in [0.29, 0.717) is 46.3 Å². The number of rotatable bonds is 6. The van der Waals surface area contributed by atoms with Crippen molar-refractivity contribution in [2.45, 2.75) is 32.4 Å². The number of hydrogen-bond donors (Lipinski definition) is 1. The van der Waals surface area contributed by atoms with Gasteiger partial charge in [0.25, 0.3) is 5.78 Å². The minimum absolute atomic E-state index is 0.00587. The number of ether oxygens (including phenoxy) is 3. The number of fused-ring (bicyclic) bond motifs is 2. The van der Waals surface area contributed by atoms with Crippen LogP contribution in [-0.4, -0.2) is 41.6 Å². The summed E-state index contributed by atoms with van der Waals surface area (Å²) in [6, 6.07) is 17.0. The number of aromatic nitrogens is 1. The molecule has 9 heteroatoms. The number of aliphatic hydroxyl groups excluding tert-OH is 1. The van der Waals surface area contributed by atoms with Crippen molar-refractivity contribution in [2.75, 3.05) is 18.6 Å². The lowest BCUT2D eigenvalue weighted by Crippen LogP contribution is -2.29. The summed E-state index contributed by atoms with van der Waals surface area (Å²) >= 11 is 1.29. The average Bonchev–Trinajstić information content (AvgIpc) is 3.60. The lowest BCUT2D eigenvalue weighted by Gasteiger charge is -2.23. The maximum atomic E-state index is 13.6. The third kappa shape index (κ3) is 4.28. The Kier molecular flexibility index (Phi) is 6.23. The number of ketones is 1. The fourth-order valence-electron chi connectivity index (χ4n) is 5.11. The van der Waals surface area contributed by atoms with Gasteiger partial charge in [0.2, 0.25) is 0 Å². The molecule has 6 rings (SSSR count). The Labute approximate surface area is 229 Å². The Bertz CT molecular complexity index is 1640. The Morgan fingerprint density at radius 1 is 1.10 bits per heavy atom. The van der Waals surface area contributed by atoms with Gasteiger partial charge in [-0.3, -0.25) is 14.5 Å². The van der Waals surface area contributed by atoms with Gasteiger partial charge in [-0.1, -0.05) is 23.5 Å². The predicted molar refractivity (Wildman–Crippen MR) is 149 cm³/mol. The topological polar surface area (TPSA) is 98.2 Å². The highest BCUT2D eigenvalue weighted by molar-refractivity contribution is 7.22. The van der Waals surface area contributed by atoms with E-state index in [4.69, 9.17) is 14.2 Å². The maximum absolute atomic E-state index is 13.6. The molecule has 0 spiro atoms. The number of thiazole rings is 1. The largest absolute Gasteiger partial charge is 0.507 e. The molecule has 39 heavy (non-hydrogen) atoms. The highest BCUT2D eigenvalue weighted by Crippen LogP contribution is 2.45. The first-order chi connectivity index (χ1) is 18.9. The molecule has 3 heterocycles. The van der Waals surface area contributed by atoms with Crippen LogP contribution in [0.4, 0.5) is 5.13 Å². The van der Waals surface area contributed by atoms with Crippen molar-refractivity contribution in [3.8, 4) is 17.2 Å². The lowest BCUT2D eigenvalue weighted by atomic mass is 9.94. The number of carbonyl (C=O) groups is 2. The van der Waals surface area contributed by atoms with Crippen LogP contribution in [0.3, 0.4) is 0 Å². The average molecular weight is 543 g/mol. The van der Waals surface area contributed by atoms with Crippen LogP contribution in [0, 0.1) is 0 Å². The van der Waals surface area contributed by atoms with E-state index in [-0.39, 0.29) is 17.4 Å². The fourth-order valence-corrected chi connectivity index (χ4v) is 6.13. The standard InChI is InChI=1S/C30H26N2O6S/c1-4-37-21-10-11-22-24(15-21)39-30(31-22)32-26(17-5-8-20(36-3)9-6-17)25(28(34)29(32)35)27(33)18-7-12-23-19(14-18)13-16(2)38-23/h5-12,14-16,26,33H,4,13H2,1-3H3/t16-,26-/m0/s1. The van der Waals surface area contributed by atoms with Crippen molar-refractivity contribution in [2.24, 2.45) is 0 Å². The van der Waals surface area contributed by atoms with Crippen LogP contribution in [0.2, 0.25) is 0 Å². The van der Waals surface area contributed by atoms with E-state index < -0.39 is 17.7 Å². The van der Waals surface area contributed by atoms with E-state index in [0.717, 1.165) is 16.0 Å². The summed E-state index contributed by atoms with van der Waals surface area (Å²) in [6.07, 6.45) is 0.729. The summed E-state index contributed by atoms with van der Waals surface area (Å²) in [5.41, 5.74) is 2.73. The molecule has 1 aromatic heterocycles. The molecule has 0 unspecified atom stereocenters. The summed E-state index contributed by atoms with van der Waals surface area (Å²) in [6.45, 7) is 4.41. The van der Waals surface area contributed by atoms with Gasteiger partial charge in [-0.25, -0.2) is 4.98 Å². The molecule has 0 saturated carbocycles. The Balaban J connectivity index is 1.50. The van der Waals surface area contributed by atoms with Crippen molar-refractivity contribution in [3.63, 3.8) is 0 Å².